The third-order valence-electron chi connectivity index (χ3n) is 4.18. The summed E-state index contributed by atoms with van der Waals surface area (Å²) < 4.78 is 5.84. The van der Waals surface area contributed by atoms with E-state index in [2.05, 4.69) is 37.2 Å². The highest BCUT2D eigenvalue weighted by atomic mass is 79.9. The van der Waals surface area contributed by atoms with Crippen molar-refractivity contribution in [3.05, 3.63) is 52.3 Å². The van der Waals surface area contributed by atoms with E-state index in [1.807, 2.05) is 18.3 Å². The number of rotatable bonds is 4. The smallest absolute Gasteiger partial charge is 0.172 e. The van der Waals surface area contributed by atoms with E-state index in [0.29, 0.717) is 10.2 Å². The lowest BCUT2D eigenvalue weighted by Crippen LogP contribution is -2.45. The van der Waals surface area contributed by atoms with Crippen LogP contribution in [-0.2, 0) is 6.54 Å². The monoisotopic (exact) mass is 413 g/mol. The van der Waals surface area contributed by atoms with Crippen LogP contribution in [0.3, 0.4) is 0 Å². The van der Waals surface area contributed by atoms with Crippen molar-refractivity contribution in [3.63, 3.8) is 0 Å². The molecule has 1 atom stereocenters. The van der Waals surface area contributed by atoms with Crippen LogP contribution in [0.5, 0.6) is 11.5 Å². The Morgan fingerprint density at radius 2 is 2.25 bits per heavy atom. The molecule has 0 aliphatic carbocycles. The number of nitrogens with zero attached hydrogens (tertiary/aromatic N) is 2. The molecule has 24 heavy (non-hydrogen) atoms. The van der Waals surface area contributed by atoms with Crippen LogP contribution in [0.1, 0.15) is 17.2 Å². The Kier molecular flexibility index (Phi) is 6.86. The number of benzene rings is 1. The molecule has 1 aliphatic rings. The van der Waals surface area contributed by atoms with Gasteiger partial charge in [-0.15, -0.1) is 12.4 Å². The number of hydrogen-bond acceptors (Lipinski definition) is 5. The highest BCUT2D eigenvalue weighted by Gasteiger charge is 2.25. The van der Waals surface area contributed by atoms with Gasteiger partial charge in [0, 0.05) is 44.6 Å². The topological polar surface area (TPSA) is 57.6 Å². The van der Waals surface area contributed by atoms with E-state index in [0.717, 1.165) is 31.7 Å². The molecule has 5 nitrogen and oxygen atoms in total. The van der Waals surface area contributed by atoms with Crippen molar-refractivity contribution in [2.24, 2.45) is 0 Å². The lowest BCUT2D eigenvalue weighted by Gasteiger charge is -2.36. The Hall–Kier alpha value is -1.34. The summed E-state index contributed by atoms with van der Waals surface area (Å²) in [7, 11) is 1.55. The highest BCUT2D eigenvalue weighted by Crippen LogP contribution is 2.37. The number of methoxy groups -OCH3 is 1. The van der Waals surface area contributed by atoms with Gasteiger partial charge in [0.05, 0.1) is 11.6 Å². The number of nitrogens with one attached hydrogen (secondary N) is 1. The molecule has 2 heterocycles. The van der Waals surface area contributed by atoms with Crippen LogP contribution in [-0.4, -0.2) is 41.7 Å². The van der Waals surface area contributed by atoms with Crippen molar-refractivity contribution in [2.45, 2.75) is 12.6 Å². The molecule has 130 valence electrons. The number of pyridine rings is 1. The SMILES string of the molecule is COc1ccc(CN2CCNCC2c2cccnc2)c(Br)c1O.Cl. The molecule has 2 N–H and O–H groups in total. The first-order valence-electron chi connectivity index (χ1n) is 7.59. The Morgan fingerprint density at radius 1 is 1.42 bits per heavy atom. The summed E-state index contributed by atoms with van der Waals surface area (Å²) in [4.78, 5) is 6.64. The standard InChI is InChI=1S/C17H20BrN3O2.ClH/c1-23-15-5-4-13(16(18)17(15)22)11-21-8-7-20-10-14(21)12-3-2-6-19-9-12;/h2-6,9,14,20,22H,7-8,10-11H2,1H3;1H. The number of halogens is 2. The molecule has 1 aromatic heterocycles. The fraction of sp³-hybridized carbons (Fsp3) is 0.353. The van der Waals surface area contributed by atoms with E-state index in [-0.39, 0.29) is 24.2 Å². The second-order valence-electron chi connectivity index (χ2n) is 5.57. The number of ether oxygens (including phenoxy) is 1. The van der Waals surface area contributed by atoms with Gasteiger partial charge in [-0.25, -0.2) is 0 Å². The van der Waals surface area contributed by atoms with Gasteiger partial charge in [0.1, 0.15) is 0 Å². The predicted octanol–water partition coefficient (Wildman–Crippen LogP) is 3.13. The predicted molar refractivity (Wildman–Crippen MR) is 99.9 cm³/mol. The Morgan fingerprint density at radius 3 is 2.96 bits per heavy atom. The largest absolute Gasteiger partial charge is 0.503 e. The minimum atomic E-state index is 0. The van der Waals surface area contributed by atoms with Crippen LogP contribution in [0.2, 0.25) is 0 Å². The van der Waals surface area contributed by atoms with Crippen molar-refractivity contribution >= 4 is 28.3 Å². The van der Waals surface area contributed by atoms with Crippen molar-refractivity contribution in [3.8, 4) is 11.5 Å². The summed E-state index contributed by atoms with van der Waals surface area (Å²) in [5.41, 5.74) is 2.24. The molecule has 0 spiro atoms. The first-order chi connectivity index (χ1) is 11.2. The third kappa shape index (κ3) is 4.00. The molecule has 7 heteroatoms. The molecule has 3 rings (SSSR count). The second kappa shape index (κ2) is 8.67. The number of phenols is 1. The number of hydrogen-bond donors (Lipinski definition) is 2. The summed E-state index contributed by atoms with van der Waals surface area (Å²) in [6, 6.07) is 8.14. The van der Waals surface area contributed by atoms with Crippen LogP contribution in [0.15, 0.2) is 41.1 Å². The average Bonchev–Trinajstić information content (AvgIpc) is 2.60. The number of phenolic OH excluding ortho intramolecular Hbond substituents is 1. The molecule has 1 aliphatic heterocycles. The van der Waals surface area contributed by atoms with Gasteiger partial charge < -0.3 is 15.2 Å². The van der Waals surface area contributed by atoms with Crippen molar-refractivity contribution < 1.29 is 9.84 Å². The minimum Gasteiger partial charge on any atom is -0.503 e. The molecule has 1 saturated heterocycles. The van der Waals surface area contributed by atoms with Gasteiger partial charge in [0.25, 0.3) is 0 Å². The zero-order valence-electron chi connectivity index (χ0n) is 13.4. The van der Waals surface area contributed by atoms with Gasteiger partial charge in [-0.05, 0) is 39.2 Å². The van der Waals surface area contributed by atoms with Gasteiger partial charge in [-0.3, -0.25) is 9.88 Å². The third-order valence-corrected chi connectivity index (χ3v) is 5.06. The molecule has 0 amide bonds. The summed E-state index contributed by atoms with van der Waals surface area (Å²) in [6.07, 6.45) is 3.72. The first-order valence-corrected chi connectivity index (χ1v) is 8.39. The zero-order chi connectivity index (χ0) is 16.2. The number of aromatic nitrogens is 1. The van der Waals surface area contributed by atoms with Crippen LogP contribution >= 0.6 is 28.3 Å². The van der Waals surface area contributed by atoms with Crippen LogP contribution < -0.4 is 10.1 Å². The summed E-state index contributed by atoms with van der Waals surface area (Å²) in [5, 5.41) is 13.6. The van der Waals surface area contributed by atoms with E-state index >= 15 is 0 Å². The molecule has 1 aromatic carbocycles. The van der Waals surface area contributed by atoms with E-state index in [4.69, 9.17) is 4.74 Å². The molecular weight excluding hydrogens is 394 g/mol. The van der Waals surface area contributed by atoms with Gasteiger partial charge in [-0.2, -0.15) is 0 Å². The van der Waals surface area contributed by atoms with Gasteiger partial charge in [0.15, 0.2) is 11.5 Å². The maximum atomic E-state index is 10.2. The fourth-order valence-electron chi connectivity index (χ4n) is 2.93. The van der Waals surface area contributed by atoms with Gasteiger partial charge in [0.2, 0.25) is 0 Å². The minimum absolute atomic E-state index is 0. The van der Waals surface area contributed by atoms with Crippen LogP contribution in [0.25, 0.3) is 0 Å². The Labute approximate surface area is 156 Å². The normalized spacial score (nSPS) is 18.0. The summed E-state index contributed by atoms with van der Waals surface area (Å²) in [6.45, 7) is 3.54. The first kappa shape index (κ1) is 19.0. The van der Waals surface area contributed by atoms with Crippen LogP contribution in [0.4, 0.5) is 0 Å². The van der Waals surface area contributed by atoms with E-state index in [1.54, 1.807) is 19.4 Å². The van der Waals surface area contributed by atoms with Crippen LogP contribution in [0, 0.1) is 0 Å². The lowest BCUT2D eigenvalue weighted by atomic mass is 10.0. The second-order valence-corrected chi connectivity index (χ2v) is 6.36. The average molecular weight is 415 g/mol. The van der Waals surface area contributed by atoms with Crippen molar-refractivity contribution in [1.29, 1.82) is 0 Å². The molecule has 2 aromatic rings. The highest BCUT2D eigenvalue weighted by molar-refractivity contribution is 9.10. The summed E-state index contributed by atoms with van der Waals surface area (Å²) >= 11 is 3.49. The molecule has 1 fully saturated rings. The number of aromatic hydroxyl groups is 1. The van der Waals surface area contributed by atoms with E-state index < -0.39 is 0 Å². The lowest BCUT2D eigenvalue weighted by molar-refractivity contribution is 0.153. The fourth-order valence-corrected chi connectivity index (χ4v) is 3.38. The maximum absolute atomic E-state index is 10.2. The molecular formula is C17H21BrClN3O2. The molecule has 1 unspecified atom stereocenters. The zero-order valence-corrected chi connectivity index (χ0v) is 15.8. The Bertz CT molecular complexity index is 672. The van der Waals surface area contributed by atoms with Crippen molar-refractivity contribution in [1.82, 2.24) is 15.2 Å². The summed E-state index contributed by atoms with van der Waals surface area (Å²) in [5.74, 6) is 0.628. The van der Waals surface area contributed by atoms with Gasteiger partial charge >= 0.3 is 0 Å². The van der Waals surface area contributed by atoms with Crippen molar-refractivity contribution in [2.75, 3.05) is 26.7 Å². The quantitative estimate of drug-likeness (QED) is 0.805. The molecule has 0 radical (unpaired) electrons. The van der Waals surface area contributed by atoms with E-state index in [1.165, 1.54) is 5.56 Å². The maximum Gasteiger partial charge on any atom is 0.172 e. The van der Waals surface area contributed by atoms with Gasteiger partial charge in [-0.1, -0.05) is 12.1 Å². The molecule has 0 saturated carbocycles. The Balaban J connectivity index is 0.00000208. The van der Waals surface area contributed by atoms with E-state index in [9.17, 15) is 5.11 Å². The molecule has 0 bridgehead atoms. The number of piperazine rings is 1.